The van der Waals surface area contributed by atoms with Crippen molar-refractivity contribution in [3.05, 3.63) is 35.4 Å². The van der Waals surface area contributed by atoms with Gasteiger partial charge in [0.2, 0.25) is 0 Å². The fourth-order valence-corrected chi connectivity index (χ4v) is 4.49. The maximum absolute atomic E-state index is 3.81. The normalized spacial score (nSPS) is 25.1. The van der Waals surface area contributed by atoms with E-state index in [1.807, 2.05) is 0 Å². The van der Waals surface area contributed by atoms with Gasteiger partial charge in [0.1, 0.15) is 0 Å². The summed E-state index contributed by atoms with van der Waals surface area (Å²) in [6.07, 6.45) is 4.18. The second kappa shape index (κ2) is 6.97. The maximum Gasteiger partial charge on any atom is 0.0415 e. The van der Waals surface area contributed by atoms with Crippen LogP contribution in [0.2, 0.25) is 0 Å². The molecule has 1 aromatic rings. The Hall–Kier alpha value is -0.510. The predicted molar refractivity (Wildman–Crippen MR) is 88.2 cm³/mol. The number of thioether (sulfide) groups is 1. The van der Waals surface area contributed by atoms with Crippen molar-refractivity contribution in [3.63, 3.8) is 0 Å². The van der Waals surface area contributed by atoms with Crippen LogP contribution in [-0.2, 0) is 5.75 Å². The number of nitrogens with one attached hydrogen (secondary N) is 1. The number of likely N-dealkylation sites (tertiary alicyclic amines) is 1. The minimum absolute atomic E-state index is 0.539. The van der Waals surface area contributed by atoms with Gasteiger partial charge in [-0.1, -0.05) is 30.7 Å². The second-order valence-electron chi connectivity index (χ2n) is 6.12. The highest BCUT2D eigenvalue weighted by Gasteiger charge is 2.22. The fourth-order valence-electron chi connectivity index (χ4n) is 3.35. The molecule has 2 heterocycles. The molecule has 1 aromatic carbocycles. The summed E-state index contributed by atoms with van der Waals surface area (Å²) in [6, 6.07) is 10.1. The van der Waals surface area contributed by atoms with E-state index in [1.54, 1.807) is 0 Å². The molecule has 3 rings (SSSR count). The van der Waals surface area contributed by atoms with Crippen LogP contribution >= 0.6 is 11.8 Å². The van der Waals surface area contributed by atoms with E-state index in [1.165, 1.54) is 55.0 Å². The monoisotopic (exact) mass is 290 g/mol. The minimum Gasteiger partial charge on any atom is -0.308 e. The van der Waals surface area contributed by atoms with Crippen LogP contribution in [0.3, 0.4) is 0 Å². The molecule has 0 aliphatic carbocycles. The van der Waals surface area contributed by atoms with Gasteiger partial charge in [-0.15, -0.1) is 0 Å². The lowest BCUT2D eigenvalue weighted by atomic mass is 10.0. The Bertz CT molecular complexity index is 429. The Morgan fingerprint density at radius 2 is 2.05 bits per heavy atom. The van der Waals surface area contributed by atoms with E-state index in [2.05, 4.69) is 53.2 Å². The Labute approximate surface area is 127 Å². The molecule has 0 bridgehead atoms. The zero-order valence-electron chi connectivity index (χ0n) is 12.5. The number of benzene rings is 1. The first-order valence-electron chi connectivity index (χ1n) is 7.97. The molecule has 1 fully saturated rings. The molecule has 0 amide bonds. The third-order valence-electron chi connectivity index (χ3n) is 4.65. The van der Waals surface area contributed by atoms with Crippen LogP contribution in [0.15, 0.2) is 24.3 Å². The second-order valence-corrected chi connectivity index (χ2v) is 7.15. The van der Waals surface area contributed by atoms with Crippen molar-refractivity contribution in [2.75, 3.05) is 25.4 Å². The van der Waals surface area contributed by atoms with Crippen molar-refractivity contribution < 1.29 is 0 Å². The highest BCUT2D eigenvalue weighted by Crippen LogP contribution is 2.31. The van der Waals surface area contributed by atoms with Crippen LogP contribution < -0.4 is 5.32 Å². The lowest BCUT2D eigenvalue weighted by Crippen LogP contribution is -2.44. The summed E-state index contributed by atoms with van der Waals surface area (Å²) < 4.78 is 0. The smallest absolute Gasteiger partial charge is 0.0415 e. The summed E-state index contributed by atoms with van der Waals surface area (Å²) >= 11 is 2.06. The zero-order chi connectivity index (χ0) is 13.8. The molecule has 2 aliphatic rings. The summed E-state index contributed by atoms with van der Waals surface area (Å²) in [5.41, 5.74) is 3.05. The van der Waals surface area contributed by atoms with Crippen LogP contribution in [0, 0.1) is 0 Å². The van der Waals surface area contributed by atoms with E-state index >= 15 is 0 Å². The van der Waals surface area contributed by atoms with Gasteiger partial charge in [0.05, 0.1) is 0 Å². The summed E-state index contributed by atoms with van der Waals surface area (Å²) in [7, 11) is 0. The molecule has 1 saturated heterocycles. The topological polar surface area (TPSA) is 15.3 Å². The Balaban J connectivity index is 1.56. The van der Waals surface area contributed by atoms with Crippen molar-refractivity contribution in [2.45, 2.75) is 44.0 Å². The molecule has 2 aliphatic heterocycles. The van der Waals surface area contributed by atoms with E-state index in [-0.39, 0.29) is 0 Å². The average molecular weight is 290 g/mol. The molecule has 0 radical (unpaired) electrons. The average Bonchev–Trinajstić information content (AvgIpc) is 2.53. The summed E-state index contributed by atoms with van der Waals surface area (Å²) in [6.45, 7) is 6.07. The van der Waals surface area contributed by atoms with E-state index in [4.69, 9.17) is 0 Å². The summed E-state index contributed by atoms with van der Waals surface area (Å²) in [5, 5.41) is 3.81. The van der Waals surface area contributed by atoms with Gasteiger partial charge in [-0.2, -0.15) is 11.8 Å². The first kappa shape index (κ1) is 14.4. The molecule has 2 atom stereocenters. The lowest BCUT2D eigenvalue weighted by molar-refractivity contribution is 0.168. The summed E-state index contributed by atoms with van der Waals surface area (Å²) in [4.78, 5) is 2.65. The van der Waals surface area contributed by atoms with Gasteiger partial charge in [0.25, 0.3) is 0 Å². The van der Waals surface area contributed by atoms with Crippen molar-refractivity contribution in [3.8, 4) is 0 Å². The molecular formula is C17H26N2S. The van der Waals surface area contributed by atoms with E-state index in [0.29, 0.717) is 12.1 Å². The lowest BCUT2D eigenvalue weighted by Gasteiger charge is -2.34. The van der Waals surface area contributed by atoms with Crippen molar-refractivity contribution in [1.29, 1.82) is 0 Å². The van der Waals surface area contributed by atoms with Gasteiger partial charge in [-0.05, 0) is 44.0 Å². The number of hydrogen-bond donors (Lipinski definition) is 1. The number of piperidine rings is 1. The number of hydrogen-bond acceptors (Lipinski definition) is 3. The Morgan fingerprint density at radius 1 is 1.25 bits per heavy atom. The van der Waals surface area contributed by atoms with E-state index in [0.717, 1.165) is 6.54 Å². The molecule has 0 saturated carbocycles. The third kappa shape index (κ3) is 3.38. The number of fused-ring (bicyclic) bond motifs is 1. The van der Waals surface area contributed by atoms with Crippen LogP contribution in [-0.4, -0.2) is 36.3 Å². The van der Waals surface area contributed by atoms with E-state index < -0.39 is 0 Å². The van der Waals surface area contributed by atoms with Crippen LogP contribution in [0.25, 0.3) is 0 Å². The maximum atomic E-state index is 3.81. The molecular weight excluding hydrogens is 264 g/mol. The van der Waals surface area contributed by atoms with Gasteiger partial charge in [-0.3, -0.25) is 4.90 Å². The van der Waals surface area contributed by atoms with Gasteiger partial charge < -0.3 is 5.32 Å². The molecule has 1 N–H and O–H groups in total. The number of rotatable bonds is 4. The quantitative estimate of drug-likeness (QED) is 0.914. The first-order chi connectivity index (χ1) is 9.84. The van der Waals surface area contributed by atoms with Crippen molar-refractivity contribution >= 4 is 11.8 Å². The van der Waals surface area contributed by atoms with Gasteiger partial charge in [0, 0.05) is 30.1 Å². The number of nitrogens with zero attached hydrogens (tertiary/aromatic N) is 1. The highest BCUT2D eigenvalue weighted by atomic mass is 32.2. The molecule has 3 heteroatoms. The van der Waals surface area contributed by atoms with Crippen LogP contribution in [0.4, 0.5) is 0 Å². The standard InChI is InChI=1S/C17H26N2S/c1-14(19-9-5-2-6-10-19)11-18-17-13-20-12-15-7-3-4-8-16(15)17/h3-4,7-8,14,17-18H,2,5-6,9-13H2,1H3. The summed E-state index contributed by atoms with van der Waals surface area (Å²) in [5.74, 6) is 2.39. The van der Waals surface area contributed by atoms with Gasteiger partial charge >= 0.3 is 0 Å². The fraction of sp³-hybridized carbons (Fsp3) is 0.647. The molecule has 20 heavy (non-hydrogen) atoms. The molecule has 2 unspecified atom stereocenters. The highest BCUT2D eigenvalue weighted by molar-refractivity contribution is 7.98. The van der Waals surface area contributed by atoms with Crippen molar-refractivity contribution in [2.24, 2.45) is 0 Å². The zero-order valence-corrected chi connectivity index (χ0v) is 13.3. The van der Waals surface area contributed by atoms with Gasteiger partial charge in [0.15, 0.2) is 0 Å². The van der Waals surface area contributed by atoms with Crippen LogP contribution in [0.1, 0.15) is 43.4 Å². The minimum atomic E-state index is 0.539. The first-order valence-corrected chi connectivity index (χ1v) is 9.13. The Morgan fingerprint density at radius 3 is 2.90 bits per heavy atom. The van der Waals surface area contributed by atoms with Crippen molar-refractivity contribution in [1.82, 2.24) is 10.2 Å². The van der Waals surface area contributed by atoms with Gasteiger partial charge in [-0.25, -0.2) is 0 Å². The van der Waals surface area contributed by atoms with Crippen LogP contribution in [0.5, 0.6) is 0 Å². The Kier molecular flexibility index (Phi) is 5.03. The molecule has 0 aromatic heterocycles. The predicted octanol–water partition coefficient (Wildman–Crippen LogP) is 3.44. The third-order valence-corrected chi connectivity index (χ3v) is 5.73. The molecule has 110 valence electrons. The molecule has 0 spiro atoms. The SMILES string of the molecule is CC(CNC1CSCc2ccccc21)N1CCCCC1. The largest absolute Gasteiger partial charge is 0.308 e. The molecule has 2 nitrogen and oxygen atoms in total. The van der Waals surface area contributed by atoms with E-state index in [9.17, 15) is 0 Å².